The maximum Gasteiger partial charge on any atom is 0.262 e. The number of nitrogens with zero attached hydrogens (tertiary/aromatic N) is 3. The second kappa shape index (κ2) is 8.05. The Morgan fingerprint density at radius 2 is 2.14 bits per heavy atom. The van der Waals surface area contributed by atoms with Gasteiger partial charge in [0.25, 0.3) is 5.56 Å². The number of hydrogen-bond donors (Lipinski definition) is 0. The zero-order valence-electron chi connectivity index (χ0n) is 16.0. The van der Waals surface area contributed by atoms with E-state index in [1.165, 1.54) is 17.3 Å². The first-order valence-corrected chi connectivity index (χ1v) is 10.7. The van der Waals surface area contributed by atoms with Crippen molar-refractivity contribution in [2.24, 2.45) is 0 Å². The van der Waals surface area contributed by atoms with Crippen molar-refractivity contribution in [3.63, 3.8) is 0 Å². The molecule has 0 N–H and O–H groups in total. The van der Waals surface area contributed by atoms with Gasteiger partial charge in [-0.3, -0.25) is 14.2 Å². The summed E-state index contributed by atoms with van der Waals surface area (Å²) in [5.41, 5.74) is 2.51. The number of thioether (sulfide) groups is 1. The molecule has 4 rings (SSSR count). The van der Waals surface area contributed by atoms with E-state index in [-0.39, 0.29) is 23.3 Å². The molecule has 7 heteroatoms. The number of para-hydroxylation sites is 1. The van der Waals surface area contributed by atoms with Gasteiger partial charge >= 0.3 is 0 Å². The van der Waals surface area contributed by atoms with Crippen molar-refractivity contribution in [3.8, 4) is 0 Å². The normalized spacial score (nSPS) is 15.5. The number of rotatable bonds is 5. The highest BCUT2D eigenvalue weighted by Gasteiger charge is 2.30. The lowest BCUT2D eigenvalue weighted by molar-refractivity contribution is -0.116. The Morgan fingerprint density at radius 1 is 1.34 bits per heavy atom. The van der Waals surface area contributed by atoms with E-state index in [1.54, 1.807) is 28.8 Å². The van der Waals surface area contributed by atoms with Crippen LogP contribution >= 0.6 is 23.4 Å². The highest BCUT2D eigenvalue weighted by molar-refractivity contribution is 7.99. The van der Waals surface area contributed by atoms with E-state index in [0.717, 1.165) is 12.1 Å². The molecule has 1 atom stereocenters. The van der Waals surface area contributed by atoms with E-state index >= 15 is 0 Å². The van der Waals surface area contributed by atoms with Crippen LogP contribution in [-0.4, -0.2) is 27.3 Å². The van der Waals surface area contributed by atoms with Crippen LogP contribution in [0.3, 0.4) is 0 Å². The SMILES string of the molecule is C=CCn1c(SCC(=O)N2c3ccccc3CC2C)nc2cc(Cl)ccc2c1=O. The van der Waals surface area contributed by atoms with Crippen LogP contribution in [-0.2, 0) is 17.8 Å². The molecule has 0 radical (unpaired) electrons. The van der Waals surface area contributed by atoms with Crippen molar-refractivity contribution < 1.29 is 4.79 Å². The van der Waals surface area contributed by atoms with Crippen molar-refractivity contribution in [2.75, 3.05) is 10.7 Å². The summed E-state index contributed by atoms with van der Waals surface area (Å²) >= 11 is 7.33. The lowest BCUT2D eigenvalue weighted by Crippen LogP contribution is -2.37. The fourth-order valence-corrected chi connectivity index (χ4v) is 4.75. The molecule has 2 aromatic carbocycles. The maximum absolute atomic E-state index is 13.0. The standard InChI is InChI=1S/C22H20ClN3O2S/c1-3-10-25-21(28)17-9-8-16(23)12-18(17)24-22(25)29-13-20(27)26-14(2)11-15-6-4-5-7-19(15)26/h3-9,12,14H,1,10-11,13H2,2H3. The van der Waals surface area contributed by atoms with E-state index in [1.807, 2.05) is 30.0 Å². The van der Waals surface area contributed by atoms with Gasteiger partial charge in [0, 0.05) is 23.3 Å². The van der Waals surface area contributed by atoms with Crippen LogP contribution in [0.5, 0.6) is 0 Å². The number of fused-ring (bicyclic) bond motifs is 2. The molecule has 29 heavy (non-hydrogen) atoms. The lowest BCUT2D eigenvalue weighted by atomic mass is 10.1. The molecule has 1 aliphatic rings. The van der Waals surface area contributed by atoms with Crippen LogP contribution < -0.4 is 10.5 Å². The molecule has 0 saturated heterocycles. The van der Waals surface area contributed by atoms with Gasteiger partial charge in [-0.05, 0) is 43.2 Å². The molecule has 0 saturated carbocycles. The summed E-state index contributed by atoms with van der Waals surface area (Å²) in [5.74, 6) is 0.187. The number of anilines is 1. The van der Waals surface area contributed by atoms with Crippen molar-refractivity contribution in [1.29, 1.82) is 0 Å². The molecule has 2 heterocycles. The topological polar surface area (TPSA) is 55.2 Å². The molecular weight excluding hydrogens is 406 g/mol. The number of hydrogen-bond acceptors (Lipinski definition) is 4. The van der Waals surface area contributed by atoms with Crippen LogP contribution in [0.15, 0.2) is 65.1 Å². The van der Waals surface area contributed by atoms with Gasteiger partial charge < -0.3 is 4.90 Å². The summed E-state index contributed by atoms with van der Waals surface area (Å²) in [5, 5.41) is 1.49. The fraction of sp³-hybridized carbons (Fsp3) is 0.227. The predicted octanol–water partition coefficient (Wildman–Crippen LogP) is 4.31. The van der Waals surface area contributed by atoms with Gasteiger partial charge in [-0.25, -0.2) is 4.98 Å². The first kappa shape index (κ1) is 19.7. The Kier molecular flexibility index (Phi) is 5.48. The third-order valence-electron chi connectivity index (χ3n) is 4.99. The van der Waals surface area contributed by atoms with Crippen LogP contribution in [0.2, 0.25) is 5.02 Å². The van der Waals surface area contributed by atoms with Crippen molar-refractivity contribution in [1.82, 2.24) is 9.55 Å². The molecule has 0 fully saturated rings. The molecule has 148 valence electrons. The van der Waals surface area contributed by atoms with Gasteiger partial charge in [0.2, 0.25) is 5.91 Å². The van der Waals surface area contributed by atoms with Crippen LogP contribution in [0.4, 0.5) is 5.69 Å². The number of allylic oxidation sites excluding steroid dienone is 1. The van der Waals surface area contributed by atoms with Crippen LogP contribution in [0.1, 0.15) is 12.5 Å². The van der Waals surface area contributed by atoms with Gasteiger partial charge in [0.15, 0.2) is 5.16 Å². The summed E-state index contributed by atoms with van der Waals surface area (Å²) in [6.07, 6.45) is 2.50. The largest absolute Gasteiger partial charge is 0.308 e. The molecule has 0 bridgehead atoms. The number of halogens is 1. The lowest BCUT2D eigenvalue weighted by Gasteiger charge is -2.22. The average molecular weight is 426 g/mol. The smallest absolute Gasteiger partial charge is 0.262 e. The quantitative estimate of drug-likeness (QED) is 0.347. The zero-order valence-corrected chi connectivity index (χ0v) is 17.5. The first-order chi connectivity index (χ1) is 14.0. The van der Waals surface area contributed by atoms with Crippen molar-refractivity contribution in [3.05, 3.63) is 76.1 Å². The summed E-state index contributed by atoms with van der Waals surface area (Å²) in [6, 6.07) is 13.1. The minimum absolute atomic E-state index is 0.00181. The van der Waals surface area contributed by atoms with E-state index < -0.39 is 0 Å². The fourth-order valence-electron chi connectivity index (χ4n) is 3.72. The monoisotopic (exact) mass is 425 g/mol. The average Bonchev–Trinajstić information content (AvgIpc) is 3.04. The highest BCUT2D eigenvalue weighted by Crippen LogP contribution is 2.32. The summed E-state index contributed by atoms with van der Waals surface area (Å²) in [6.45, 7) is 6.10. The minimum atomic E-state index is -0.165. The van der Waals surface area contributed by atoms with Gasteiger partial charge in [0.05, 0.1) is 16.7 Å². The molecule has 1 unspecified atom stereocenters. The Balaban J connectivity index is 1.64. The van der Waals surface area contributed by atoms with Crippen LogP contribution in [0.25, 0.3) is 10.9 Å². The first-order valence-electron chi connectivity index (χ1n) is 9.33. The highest BCUT2D eigenvalue weighted by atomic mass is 35.5. The van der Waals surface area contributed by atoms with Gasteiger partial charge in [-0.2, -0.15) is 0 Å². The van der Waals surface area contributed by atoms with Gasteiger partial charge in [-0.1, -0.05) is 47.6 Å². The Labute approximate surface area is 178 Å². The van der Waals surface area contributed by atoms with Crippen LogP contribution in [0, 0.1) is 0 Å². The molecule has 1 amide bonds. The van der Waals surface area contributed by atoms with E-state index in [9.17, 15) is 9.59 Å². The Hall–Kier alpha value is -2.57. The second-order valence-electron chi connectivity index (χ2n) is 6.99. The third kappa shape index (κ3) is 3.70. The van der Waals surface area contributed by atoms with E-state index in [4.69, 9.17) is 11.6 Å². The Morgan fingerprint density at radius 3 is 2.93 bits per heavy atom. The molecule has 5 nitrogen and oxygen atoms in total. The summed E-state index contributed by atoms with van der Waals surface area (Å²) < 4.78 is 1.54. The molecule has 0 spiro atoms. The maximum atomic E-state index is 13.0. The number of amides is 1. The van der Waals surface area contributed by atoms with Crippen molar-refractivity contribution >= 4 is 45.9 Å². The van der Waals surface area contributed by atoms with E-state index in [2.05, 4.69) is 17.6 Å². The Bertz CT molecular complexity index is 1170. The molecule has 1 aliphatic heterocycles. The number of carbonyl (C=O) groups excluding carboxylic acids is 1. The molecular formula is C22H20ClN3O2S. The molecule has 1 aromatic heterocycles. The predicted molar refractivity (Wildman–Crippen MR) is 119 cm³/mol. The molecule has 0 aliphatic carbocycles. The third-order valence-corrected chi connectivity index (χ3v) is 6.19. The number of benzene rings is 2. The summed E-state index contributed by atoms with van der Waals surface area (Å²) in [4.78, 5) is 32.3. The molecule has 3 aromatic rings. The zero-order chi connectivity index (χ0) is 20.5. The van der Waals surface area contributed by atoms with Crippen molar-refractivity contribution in [2.45, 2.75) is 31.1 Å². The van der Waals surface area contributed by atoms with Gasteiger partial charge in [0.1, 0.15) is 0 Å². The number of aromatic nitrogens is 2. The second-order valence-corrected chi connectivity index (χ2v) is 8.37. The minimum Gasteiger partial charge on any atom is -0.308 e. The number of carbonyl (C=O) groups is 1. The van der Waals surface area contributed by atoms with E-state index in [0.29, 0.717) is 27.6 Å². The summed E-state index contributed by atoms with van der Waals surface area (Å²) in [7, 11) is 0. The van der Waals surface area contributed by atoms with Gasteiger partial charge in [-0.15, -0.1) is 6.58 Å².